The van der Waals surface area contributed by atoms with E-state index in [-0.39, 0.29) is 5.69 Å². The van der Waals surface area contributed by atoms with Crippen LogP contribution in [0.2, 0.25) is 0 Å². The number of nitrogens with zero attached hydrogens (tertiary/aromatic N) is 3. The van der Waals surface area contributed by atoms with Crippen LogP contribution in [0.25, 0.3) is 0 Å². The van der Waals surface area contributed by atoms with E-state index < -0.39 is 4.92 Å². The van der Waals surface area contributed by atoms with E-state index >= 15 is 0 Å². The molecule has 18 heavy (non-hydrogen) atoms. The third-order valence-electron chi connectivity index (χ3n) is 2.24. The molecular formula is C11H9N3O3S. The minimum absolute atomic E-state index is 0.0902. The van der Waals surface area contributed by atoms with E-state index in [2.05, 4.69) is 5.10 Å². The van der Waals surface area contributed by atoms with Gasteiger partial charge in [-0.25, -0.2) is 0 Å². The van der Waals surface area contributed by atoms with Crippen LogP contribution in [0.4, 0.5) is 5.69 Å². The largest absolute Gasteiger partial charge is 0.298 e. The summed E-state index contributed by atoms with van der Waals surface area (Å²) in [5, 5.41) is 14.6. The first-order valence-electron chi connectivity index (χ1n) is 5.00. The Morgan fingerprint density at radius 2 is 2.28 bits per heavy atom. The van der Waals surface area contributed by atoms with Crippen LogP contribution < -0.4 is 0 Å². The Bertz CT molecular complexity index is 609. The number of carbonyl (C=O) groups is 1. The van der Waals surface area contributed by atoms with Gasteiger partial charge in [0.1, 0.15) is 0 Å². The average molecular weight is 263 g/mol. The summed E-state index contributed by atoms with van der Waals surface area (Å²) >= 11 is 1.34. The molecule has 0 aliphatic heterocycles. The van der Waals surface area contributed by atoms with Crippen molar-refractivity contribution in [2.75, 3.05) is 0 Å². The number of nitro benzene ring substituents is 1. The summed E-state index contributed by atoms with van der Waals surface area (Å²) in [4.78, 5) is 22.6. The fourth-order valence-electron chi connectivity index (χ4n) is 1.41. The number of rotatable bonds is 4. The predicted molar refractivity (Wildman–Crippen MR) is 65.8 cm³/mol. The number of hydrogen-bond acceptors (Lipinski definition) is 5. The van der Waals surface area contributed by atoms with Gasteiger partial charge in [0, 0.05) is 35.8 Å². The van der Waals surface area contributed by atoms with Gasteiger partial charge in [-0.05, 0) is 6.07 Å². The third kappa shape index (κ3) is 2.57. The molecule has 0 amide bonds. The lowest BCUT2D eigenvalue weighted by atomic mass is 10.2. The molecule has 7 heteroatoms. The fourth-order valence-corrected chi connectivity index (χ4v) is 2.33. The third-order valence-corrected chi connectivity index (χ3v) is 3.28. The summed E-state index contributed by atoms with van der Waals surface area (Å²) in [5.41, 5.74) is 0.214. The minimum Gasteiger partial charge on any atom is -0.298 e. The first-order chi connectivity index (χ1) is 8.60. The molecule has 1 aromatic heterocycles. The van der Waals surface area contributed by atoms with Gasteiger partial charge >= 0.3 is 0 Å². The number of aromatic nitrogens is 2. The molecule has 0 fully saturated rings. The topological polar surface area (TPSA) is 78.0 Å². The van der Waals surface area contributed by atoms with Gasteiger partial charge in [-0.15, -0.1) is 0 Å². The number of nitro groups is 1. The van der Waals surface area contributed by atoms with Crippen molar-refractivity contribution in [2.24, 2.45) is 7.05 Å². The van der Waals surface area contributed by atoms with Crippen molar-refractivity contribution in [2.45, 2.75) is 9.79 Å². The van der Waals surface area contributed by atoms with Crippen LogP contribution in [0.5, 0.6) is 0 Å². The van der Waals surface area contributed by atoms with E-state index in [0.717, 1.165) is 4.90 Å². The molecule has 0 spiro atoms. The fraction of sp³-hybridized carbons (Fsp3) is 0.0909. The summed E-state index contributed by atoms with van der Waals surface area (Å²) in [5.74, 6) is 0. The van der Waals surface area contributed by atoms with Gasteiger partial charge in [0.2, 0.25) is 0 Å². The Balaban J connectivity index is 2.33. The van der Waals surface area contributed by atoms with Crippen LogP contribution in [0.1, 0.15) is 10.4 Å². The molecule has 0 bridgehead atoms. The molecular weight excluding hydrogens is 254 g/mol. The zero-order valence-electron chi connectivity index (χ0n) is 9.44. The molecule has 0 N–H and O–H groups in total. The summed E-state index contributed by atoms with van der Waals surface area (Å²) in [6, 6.07) is 4.22. The lowest BCUT2D eigenvalue weighted by molar-refractivity contribution is -0.384. The van der Waals surface area contributed by atoms with Gasteiger partial charge < -0.3 is 0 Å². The van der Waals surface area contributed by atoms with Gasteiger partial charge in [0.05, 0.1) is 16.0 Å². The molecule has 1 heterocycles. The molecule has 0 unspecified atom stereocenters. The molecule has 0 aliphatic rings. The van der Waals surface area contributed by atoms with Crippen molar-refractivity contribution in [3.63, 3.8) is 0 Å². The van der Waals surface area contributed by atoms with E-state index in [4.69, 9.17) is 0 Å². The van der Waals surface area contributed by atoms with Crippen molar-refractivity contribution in [1.29, 1.82) is 0 Å². The summed E-state index contributed by atoms with van der Waals surface area (Å²) in [6.45, 7) is 0. The zero-order valence-corrected chi connectivity index (χ0v) is 10.3. The molecule has 0 aliphatic carbocycles. The van der Waals surface area contributed by atoms with E-state index in [0.29, 0.717) is 16.7 Å². The summed E-state index contributed by atoms with van der Waals surface area (Å²) in [7, 11) is 1.79. The minimum atomic E-state index is -0.522. The van der Waals surface area contributed by atoms with E-state index in [1.54, 1.807) is 30.2 Å². The second-order valence-corrected chi connectivity index (χ2v) is 4.66. The normalized spacial score (nSPS) is 10.3. The Kier molecular flexibility index (Phi) is 3.42. The number of carbonyl (C=O) groups excluding carboxylic acids is 1. The predicted octanol–water partition coefficient (Wildman–Crippen LogP) is 2.29. The van der Waals surface area contributed by atoms with Gasteiger partial charge in [-0.3, -0.25) is 19.6 Å². The average Bonchev–Trinajstić information content (AvgIpc) is 2.75. The Hall–Kier alpha value is -2.15. The summed E-state index contributed by atoms with van der Waals surface area (Å²) in [6.07, 6.45) is 4.09. The van der Waals surface area contributed by atoms with E-state index in [9.17, 15) is 14.9 Å². The molecule has 1 aromatic carbocycles. The summed E-state index contributed by atoms with van der Waals surface area (Å²) < 4.78 is 1.65. The number of hydrogen-bond donors (Lipinski definition) is 0. The van der Waals surface area contributed by atoms with Gasteiger partial charge in [0.15, 0.2) is 6.29 Å². The van der Waals surface area contributed by atoms with Crippen molar-refractivity contribution in [3.8, 4) is 0 Å². The number of aldehydes is 1. The maximum Gasteiger partial charge on any atom is 0.270 e. The smallest absolute Gasteiger partial charge is 0.270 e. The number of aryl methyl sites for hydroxylation is 1. The molecule has 0 saturated heterocycles. The standard InChI is InChI=1S/C11H9N3O3S/c1-13-6-10(5-12-13)18-11-3-2-9(14(16)17)4-8(11)7-15/h2-7H,1H3. The second kappa shape index (κ2) is 5.01. The highest BCUT2D eigenvalue weighted by molar-refractivity contribution is 7.99. The van der Waals surface area contributed by atoms with Crippen LogP contribution in [0.15, 0.2) is 40.4 Å². The van der Waals surface area contributed by atoms with Crippen LogP contribution >= 0.6 is 11.8 Å². The lowest BCUT2D eigenvalue weighted by Crippen LogP contribution is -1.91. The molecule has 2 aromatic rings. The molecule has 2 rings (SSSR count). The maximum absolute atomic E-state index is 10.9. The van der Waals surface area contributed by atoms with Crippen LogP contribution in [-0.2, 0) is 7.05 Å². The molecule has 92 valence electrons. The highest BCUT2D eigenvalue weighted by atomic mass is 32.2. The lowest BCUT2D eigenvalue weighted by Gasteiger charge is -2.02. The van der Waals surface area contributed by atoms with Gasteiger partial charge in [-0.1, -0.05) is 11.8 Å². The zero-order chi connectivity index (χ0) is 13.1. The second-order valence-electron chi connectivity index (χ2n) is 3.55. The molecule has 0 saturated carbocycles. The SMILES string of the molecule is Cn1cc(Sc2ccc([N+](=O)[O-])cc2C=O)cn1. The molecule has 0 atom stereocenters. The Labute approximate surface area is 107 Å². The van der Waals surface area contributed by atoms with Crippen LogP contribution in [-0.4, -0.2) is 21.0 Å². The number of benzene rings is 1. The van der Waals surface area contributed by atoms with E-state index in [1.165, 1.54) is 23.9 Å². The van der Waals surface area contributed by atoms with Gasteiger partial charge in [0.25, 0.3) is 5.69 Å². The first-order valence-corrected chi connectivity index (χ1v) is 5.82. The Morgan fingerprint density at radius 3 is 2.83 bits per heavy atom. The van der Waals surface area contributed by atoms with Crippen molar-refractivity contribution >= 4 is 23.7 Å². The van der Waals surface area contributed by atoms with Gasteiger partial charge in [-0.2, -0.15) is 5.10 Å². The number of non-ortho nitro benzene ring substituents is 1. The maximum atomic E-state index is 10.9. The quantitative estimate of drug-likeness (QED) is 0.480. The molecule has 6 nitrogen and oxygen atoms in total. The van der Waals surface area contributed by atoms with Crippen LogP contribution in [0.3, 0.4) is 0 Å². The van der Waals surface area contributed by atoms with E-state index in [1.807, 2.05) is 0 Å². The highest BCUT2D eigenvalue weighted by Crippen LogP contribution is 2.31. The molecule has 0 radical (unpaired) electrons. The highest BCUT2D eigenvalue weighted by Gasteiger charge is 2.11. The van der Waals surface area contributed by atoms with Crippen molar-refractivity contribution < 1.29 is 9.72 Å². The Morgan fingerprint density at radius 1 is 1.50 bits per heavy atom. The van der Waals surface area contributed by atoms with Crippen molar-refractivity contribution in [1.82, 2.24) is 9.78 Å². The first kappa shape index (κ1) is 12.3. The monoisotopic (exact) mass is 263 g/mol. The van der Waals surface area contributed by atoms with Crippen LogP contribution in [0, 0.1) is 10.1 Å². The van der Waals surface area contributed by atoms with Crippen molar-refractivity contribution in [3.05, 3.63) is 46.3 Å².